The summed E-state index contributed by atoms with van der Waals surface area (Å²) in [7, 11) is 0. The second-order valence-electron chi connectivity index (χ2n) is 6.81. The number of fused-ring (bicyclic) bond motifs is 2. The number of benzene rings is 1. The van der Waals surface area contributed by atoms with Crippen LogP contribution in [0.1, 0.15) is 29.5 Å². The van der Waals surface area contributed by atoms with E-state index in [-0.39, 0.29) is 11.8 Å². The van der Waals surface area contributed by atoms with Gasteiger partial charge in [-0.25, -0.2) is 4.98 Å². The summed E-state index contributed by atoms with van der Waals surface area (Å²) in [4.78, 5) is 33.9. The van der Waals surface area contributed by atoms with E-state index in [1.165, 1.54) is 23.8 Å². The molecule has 26 heavy (non-hydrogen) atoms. The molecule has 0 unspecified atom stereocenters. The monoisotopic (exact) mass is 370 g/mol. The van der Waals surface area contributed by atoms with Gasteiger partial charge in [0.2, 0.25) is 11.8 Å². The van der Waals surface area contributed by atoms with E-state index in [1.807, 2.05) is 23.1 Å². The Kier molecular flexibility index (Phi) is 4.74. The van der Waals surface area contributed by atoms with Gasteiger partial charge in [-0.1, -0.05) is 18.2 Å². The van der Waals surface area contributed by atoms with Gasteiger partial charge in [0.05, 0.1) is 12.2 Å². The van der Waals surface area contributed by atoms with Crippen LogP contribution in [-0.2, 0) is 29.0 Å². The zero-order chi connectivity index (χ0) is 18.1. The lowest BCUT2D eigenvalue weighted by atomic mass is 10.0. The second kappa shape index (κ2) is 7.17. The van der Waals surface area contributed by atoms with Gasteiger partial charge in [-0.15, -0.1) is 11.3 Å². The van der Waals surface area contributed by atoms with E-state index < -0.39 is 0 Å². The fourth-order valence-electron chi connectivity index (χ4n) is 3.66. The molecule has 0 spiro atoms. The van der Waals surface area contributed by atoms with Gasteiger partial charge in [-0.3, -0.25) is 14.5 Å². The van der Waals surface area contributed by atoms with E-state index in [9.17, 15) is 9.59 Å². The molecule has 0 saturated carbocycles. The SMILES string of the molecule is CC(=O)Nc1nc2c(s1)CN(CC(=O)N1CCCc3ccccc31)CC2. The molecule has 2 aliphatic heterocycles. The summed E-state index contributed by atoms with van der Waals surface area (Å²) in [6.07, 6.45) is 2.87. The second-order valence-corrected chi connectivity index (χ2v) is 7.89. The molecule has 2 aromatic rings. The Hall–Kier alpha value is -2.25. The van der Waals surface area contributed by atoms with Crippen molar-refractivity contribution < 1.29 is 9.59 Å². The Morgan fingerprint density at radius 2 is 2.08 bits per heavy atom. The standard InChI is InChI=1S/C19H22N4O2S/c1-13(24)20-19-21-15-8-10-22(11-17(15)26-19)12-18(25)23-9-4-6-14-5-2-3-7-16(14)23/h2-3,5,7H,4,6,8-12H2,1H3,(H,20,21,24). The number of rotatable bonds is 3. The number of anilines is 2. The maximum Gasteiger partial charge on any atom is 0.241 e. The quantitative estimate of drug-likeness (QED) is 0.901. The molecule has 0 saturated heterocycles. The molecule has 2 amide bonds. The van der Waals surface area contributed by atoms with Gasteiger partial charge < -0.3 is 10.2 Å². The van der Waals surface area contributed by atoms with Crippen LogP contribution in [0.15, 0.2) is 24.3 Å². The van der Waals surface area contributed by atoms with E-state index in [0.717, 1.165) is 48.6 Å². The van der Waals surface area contributed by atoms with Crippen molar-refractivity contribution in [2.45, 2.75) is 32.7 Å². The van der Waals surface area contributed by atoms with Crippen LogP contribution < -0.4 is 10.2 Å². The van der Waals surface area contributed by atoms with Gasteiger partial charge in [0.15, 0.2) is 5.13 Å². The van der Waals surface area contributed by atoms with Crippen LogP contribution in [0.3, 0.4) is 0 Å². The Balaban J connectivity index is 1.43. The van der Waals surface area contributed by atoms with Crippen molar-refractivity contribution in [1.29, 1.82) is 0 Å². The molecule has 1 N–H and O–H groups in total. The summed E-state index contributed by atoms with van der Waals surface area (Å²) in [6.45, 7) is 4.23. The van der Waals surface area contributed by atoms with Crippen molar-refractivity contribution >= 4 is 34.0 Å². The van der Waals surface area contributed by atoms with Crippen molar-refractivity contribution in [2.75, 3.05) is 29.9 Å². The smallest absolute Gasteiger partial charge is 0.241 e. The van der Waals surface area contributed by atoms with E-state index in [4.69, 9.17) is 0 Å². The first-order valence-corrected chi connectivity index (χ1v) is 9.78. The molecular weight excluding hydrogens is 348 g/mol. The molecule has 6 nitrogen and oxygen atoms in total. The number of para-hydroxylation sites is 1. The summed E-state index contributed by atoms with van der Waals surface area (Å²) in [5.41, 5.74) is 3.37. The number of thiazole rings is 1. The van der Waals surface area contributed by atoms with E-state index in [2.05, 4.69) is 21.3 Å². The third kappa shape index (κ3) is 3.50. The zero-order valence-corrected chi connectivity index (χ0v) is 15.6. The predicted octanol–water partition coefficient (Wildman–Crippen LogP) is 2.44. The molecule has 0 atom stereocenters. The zero-order valence-electron chi connectivity index (χ0n) is 14.8. The summed E-state index contributed by atoms with van der Waals surface area (Å²) < 4.78 is 0. The number of carbonyl (C=O) groups excluding carboxylic acids is 2. The van der Waals surface area contributed by atoms with Crippen molar-refractivity contribution in [3.05, 3.63) is 40.4 Å². The molecule has 2 aliphatic rings. The molecule has 1 aromatic heterocycles. The predicted molar refractivity (Wildman–Crippen MR) is 103 cm³/mol. The highest BCUT2D eigenvalue weighted by molar-refractivity contribution is 7.15. The van der Waals surface area contributed by atoms with Gasteiger partial charge >= 0.3 is 0 Å². The fourth-order valence-corrected chi connectivity index (χ4v) is 4.75. The first-order valence-electron chi connectivity index (χ1n) is 8.97. The van der Waals surface area contributed by atoms with Crippen molar-refractivity contribution in [2.24, 2.45) is 0 Å². The molecule has 3 heterocycles. The number of hydrogen-bond acceptors (Lipinski definition) is 5. The Labute approximate surface area is 156 Å². The minimum absolute atomic E-state index is 0.105. The van der Waals surface area contributed by atoms with Crippen LogP contribution in [0.25, 0.3) is 0 Å². The topological polar surface area (TPSA) is 65.5 Å². The van der Waals surface area contributed by atoms with Crippen molar-refractivity contribution in [3.8, 4) is 0 Å². The van der Waals surface area contributed by atoms with E-state index in [1.54, 1.807) is 0 Å². The highest BCUT2D eigenvalue weighted by atomic mass is 32.1. The number of carbonyl (C=O) groups is 2. The lowest BCUT2D eigenvalue weighted by molar-refractivity contribution is -0.120. The van der Waals surface area contributed by atoms with E-state index >= 15 is 0 Å². The van der Waals surface area contributed by atoms with Crippen LogP contribution in [0.5, 0.6) is 0 Å². The van der Waals surface area contributed by atoms with Gasteiger partial charge in [-0.05, 0) is 24.5 Å². The first kappa shape index (κ1) is 17.2. The normalized spacial score (nSPS) is 16.7. The number of nitrogens with zero attached hydrogens (tertiary/aromatic N) is 3. The molecule has 136 valence electrons. The summed E-state index contributed by atoms with van der Waals surface area (Å²) in [6, 6.07) is 8.19. The highest BCUT2D eigenvalue weighted by Gasteiger charge is 2.27. The minimum Gasteiger partial charge on any atom is -0.311 e. The fraction of sp³-hybridized carbons (Fsp3) is 0.421. The molecule has 4 rings (SSSR count). The molecular formula is C19H22N4O2S. The Bertz CT molecular complexity index is 848. The maximum atomic E-state index is 12.9. The molecule has 1 aromatic carbocycles. The van der Waals surface area contributed by atoms with Crippen LogP contribution in [-0.4, -0.2) is 41.3 Å². The molecule has 7 heteroatoms. The molecule has 0 fully saturated rings. The van der Waals surface area contributed by atoms with Crippen LogP contribution >= 0.6 is 11.3 Å². The highest BCUT2D eigenvalue weighted by Crippen LogP contribution is 2.30. The van der Waals surface area contributed by atoms with Crippen LogP contribution in [0, 0.1) is 0 Å². The van der Waals surface area contributed by atoms with Crippen LogP contribution in [0.2, 0.25) is 0 Å². The van der Waals surface area contributed by atoms with Gasteiger partial charge in [-0.2, -0.15) is 0 Å². The van der Waals surface area contributed by atoms with Gasteiger partial charge in [0, 0.05) is 43.5 Å². The average molecular weight is 370 g/mol. The number of nitrogens with one attached hydrogen (secondary N) is 1. The number of amides is 2. The average Bonchev–Trinajstić information content (AvgIpc) is 3.01. The number of aryl methyl sites for hydroxylation is 1. The van der Waals surface area contributed by atoms with Crippen molar-refractivity contribution in [3.63, 3.8) is 0 Å². The Morgan fingerprint density at radius 3 is 2.92 bits per heavy atom. The molecule has 0 radical (unpaired) electrons. The van der Waals surface area contributed by atoms with Gasteiger partial charge in [0.1, 0.15) is 0 Å². The maximum absolute atomic E-state index is 12.9. The lowest BCUT2D eigenvalue weighted by Gasteiger charge is -2.32. The minimum atomic E-state index is -0.105. The largest absolute Gasteiger partial charge is 0.311 e. The van der Waals surface area contributed by atoms with Gasteiger partial charge in [0.25, 0.3) is 0 Å². The molecule has 0 aliphatic carbocycles. The summed E-state index contributed by atoms with van der Waals surface area (Å²) in [5, 5.41) is 3.41. The van der Waals surface area contributed by atoms with E-state index in [0.29, 0.717) is 18.2 Å². The summed E-state index contributed by atoms with van der Waals surface area (Å²) >= 11 is 1.51. The first-order chi connectivity index (χ1) is 12.6. The summed E-state index contributed by atoms with van der Waals surface area (Å²) in [5.74, 6) is 0.0547. The number of hydrogen-bond donors (Lipinski definition) is 1. The molecule has 0 bridgehead atoms. The third-order valence-corrected chi connectivity index (χ3v) is 5.86. The Morgan fingerprint density at radius 1 is 1.23 bits per heavy atom. The lowest BCUT2D eigenvalue weighted by Crippen LogP contribution is -2.44. The van der Waals surface area contributed by atoms with Crippen molar-refractivity contribution in [1.82, 2.24) is 9.88 Å². The third-order valence-electron chi connectivity index (χ3n) is 4.86. The number of aromatic nitrogens is 1. The van der Waals surface area contributed by atoms with Crippen LogP contribution in [0.4, 0.5) is 10.8 Å².